The van der Waals surface area contributed by atoms with Gasteiger partial charge in [-0.15, -0.1) is 0 Å². The number of nitrogens with one attached hydrogen (secondary N) is 2. The van der Waals surface area contributed by atoms with Crippen molar-refractivity contribution in [2.75, 3.05) is 39.5 Å². The summed E-state index contributed by atoms with van der Waals surface area (Å²) in [4.78, 5) is 48.9. The van der Waals surface area contributed by atoms with Crippen LogP contribution in [0.5, 0.6) is 0 Å². The highest BCUT2D eigenvalue weighted by Crippen LogP contribution is 2.15. The Morgan fingerprint density at radius 1 is 0.342 bits per heavy atom. The van der Waals surface area contributed by atoms with Gasteiger partial charge in [0.15, 0.2) is 0 Å². The lowest BCUT2D eigenvalue weighted by Crippen LogP contribution is -2.25. The van der Waals surface area contributed by atoms with Gasteiger partial charge in [0.25, 0.3) is 0 Å². The molecule has 0 aromatic heterocycles. The molecule has 2 aromatic carbocycles. The minimum Gasteiger partial charge on any atom is -0.465 e. The fraction of sp³-hybridized carbons (Fsp3) is 0.683. The fourth-order valence-electron chi connectivity index (χ4n) is 8.56. The molecule has 10 heteroatoms. The van der Waals surface area contributed by atoms with Gasteiger partial charge in [-0.05, 0) is 119 Å². The summed E-state index contributed by atoms with van der Waals surface area (Å²) in [6.45, 7) is 6.98. The van der Waals surface area contributed by atoms with Gasteiger partial charge in [-0.25, -0.2) is 9.59 Å². The van der Waals surface area contributed by atoms with Crippen LogP contribution in [0.3, 0.4) is 0 Å². The quantitative estimate of drug-likeness (QED) is 0.0290. The SMILES string of the molecule is CCCCCCCC/C=C\CCCCCCCCNC(=O)OCCCCOC(=O)Cc1ccc(Cc2ccc(CC(=O)OCCCCOC(=O)NCCCCCCCC/C=C\CCCCCCCC)cc2)cc1. The molecular weight excluding hydrogens is 913 g/mol. The van der Waals surface area contributed by atoms with Crippen molar-refractivity contribution in [2.45, 2.75) is 239 Å². The number of ether oxygens (including phenoxy) is 4. The van der Waals surface area contributed by atoms with Gasteiger partial charge in [-0.2, -0.15) is 0 Å². The predicted octanol–water partition coefficient (Wildman–Crippen LogP) is 16.5. The van der Waals surface area contributed by atoms with Crippen LogP contribution < -0.4 is 10.6 Å². The molecule has 2 N–H and O–H groups in total. The number of carbonyl (C=O) groups is 4. The first-order chi connectivity index (χ1) is 35.9. The van der Waals surface area contributed by atoms with Gasteiger partial charge in [0.2, 0.25) is 0 Å². The topological polar surface area (TPSA) is 129 Å². The van der Waals surface area contributed by atoms with Crippen molar-refractivity contribution < 1.29 is 38.1 Å². The van der Waals surface area contributed by atoms with Crippen LogP contribution >= 0.6 is 0 Å². The first kappa shape index (κ1) is 64.5. The molecule has 2 amide bonds. The maximum Gasteiger partial charge on any atom is 0.407 e. The summed E-state index contributed by atoms with van der Waals surface area (Å²) in [5.74, 6) is -0.557. The van der Waals surface area contributed by atoms with Gasteiger partial charge in [0.05, 0.1) is 39.3 Å². The Labute approximate surface area is 444 Å². The Morgan fingerprint density at radius 3 is 0.945 bits per heavy atom. The number of esters is 2. The van der Waals surface area contributed by atoms with Crippen molar-refractivity contribution in [3.63, 3.8) is 0 Å². The molecular formula is C63H102N2O8. The molecule has 0 spiro atoms. The molecule has 73 heavy (non-hydrogen) atoms. The third-order valence-corrected chi connectivity index (χ3v) is 13.1. The number of allylic oxidation sites excluding steroid dienone is 4. The molecule has 0 bridgehead atoms. The van der Waals surface area contributed by atoms with Crippen LogP contribution in [0.1, 0.15) is 242 Å². The van der Waals surface area contributed by atoms with E-state index in [1.54, 1.807) is 0 Å². The highest BCUT2D eigenvalue weighted by Gasteiger charge is 2.09. The molecule has 0 saturated carbocycles. The standard InChI is InChI=1S/C63H102N2O8/c1-3-5-7-9-11-13-15-17-19-21-23-25-27-29-31-33-47-64-62(68)72-51-37-35-49-70-60(66)54-58-43-39-56(40-44-58)53-57-41-45-59(46-42-57)55-61(67)71-50-36-38-52-73-63(69)65-48-34-32-30-28-26-24-22-20-18-16-14-12-10-8-6-4-2/h17-20,39-46H,3-16,21-38,47-55H2,1-2H3,(H,64,68)(H,65,69)/b19-17-,20-18-. The summed E-state index contributed by atoms with van der Waals surface area (Å²) in [7, 11) is 0. The molecule has 0 aliphatic heterocycles. The summed E-state index contributed by atoms with van der Waals surface area (Å²) in [6, 6.07) is 15.9. The molecule has 0 aliphatic carbocycles. The van der Waals surface area contributed by atoms with Crippen molar-refractivity contribution in [1.29, 1.82) is 0 Å². The van der Waals surface area contributed by atoms with Crippen LogP contribution in [0.25, 0.3) is 0 Å². The van der Waals surface area contributed by atoms with E-state index in [1.165, 1.54) is 154 Å². The second-order valence-electron chi connectivity index (χ2n) is 20.0. The second kappa shape index (κ2) is 48.3. The normalized spacial score (nSPS) is 11.3. The Hall–Kier alpha value is -4.60. The summed E-state index contributed by atoms with van der Waals surface area (Å²) in [5, 5.41) is 5.67. The van der Waals surface area contributed by atoms with E-state index in [1.807, 2.05) is 48.5 Å². The average molecular weight is 1020 g/mol. The largest absolute Gasteiger partial charge is 0.465 e. The lowest BCUT2D eigenvalue weighted by atomic mass is 10.0. The summed E-state index contributed by atoms with van der Waals surface area (Å²) in [5.41, 5.74) is 4.01. The Balaban J connectivity index is 1.38. The molecule has 0 aliphatic rings. The van der Waals surface area contributed by atoms with Crippen LogP contribution in [0.2, 0.25) is 0 Å². The van der Waals surface area contributed by atoms with E-state index in [0.29, 0.717) is 65.2 Å². The number of benzene rings is 2. The van der Waals surface area contributed by atoms with E-state index in [2.05, 4.69) is 48.8 Å². The Kier molecular flexibility index (Phi) is 42.7. The lowest BCUT2D eigenvalue weighted by Gasteiger charge is -2.09. The zero-order valence-corrected chi connectivity index (χ0v) is 46.2. The van der Waals surface area contributed by atoms with Crippen LogP contribution in [0, 0.1) is 0 Å². The van der Waals surface area contributed by atoms with Gasteiger partial charge in [0, 0.05) is 13.1 Å². The number of alkyl carbamates (subject to hydrolysis) is 2. The summed E-state index contributed by atoms with van der Waals surface area (Å²) >= 11 is 0. The van der Waals surface area contributed by atoms with Crippen molar-refractivity contribution >= 4 is 24.1 Å². The number of rotatable bonds is 48. The smallest absolute Gasteiger partial charge is 0.407 e. The molecule has 0 radical (unpaired) electrons. The highest BCUT2D eigenvalue weighted by molar-refractivity contribution is 5.73. The van der Waals surface area contributed by atoms with Crippen molar-refractivity contribution in [3.8, 4) is 0 Å². The zero-order chi connectivity index (χ0) is 52.3. The van der Waals surface area contributed by atoms with Crippen molar-refractivity contribution in [1.82, 2.24) is 10.6 Å². The van der Waals surface area contributed by atoms with Crippen LogP contribution in [0.15, 0.2) is 72.8 Å². The maximum atomic E-state index is 12.4. The van der Waals surface area contributed by atoms with Crippen molar-refractivity contribution in [3.05, 3.63) is 95.1 Å². The minimum absolute atomic E-state index is 0.199. The maximum absolute atomic E-state index is 12.4. The monoisotopic (exact) mass is 1010 g/mol. The van der Waals surface area contributed by atoms with Crippen molar-refractivity contribution in [2.24, 2.45) is 0 Å². The van der Waals surface area contributed by atoms with Gasteiger partial charge < -0.3 is 29.6 Å². The van der Waals surface area contributed by atoms with E-state index in [-0.39, 0.29) is 37.0 Å². The molecule has 2 rings (SSSR count). The number of hydrogen-bond donors (Lipinski definition) is 2. The fourth-order valence-corrected chi connectivity index (χ4v) is 8.56. The third-order valence-electron chi connectivity index (χ3n) is 13.1. The van der Waals surface area contributed by atoms with Crippen LogP contribution in [0.4, 0.5) is 9.59 Å². The van der Waals surface area contributed by atoms with E-state index < -0.39 is 0 Å². The van der Waals surface area contributed by atoms with Crippen LogP contribution in [-0.4, -0.2) is 63.6 Å². The number of hydrogen-bond acceptors (Lipinski definition) is 8. The van der Waals surface area contributed by atoms with E-state index in [0.717, 1.165) is 54.4 Å². The molecule has 0 fully saturated rings. The van der Waals surface area contributed by atoms with E-state index in [4.69, 9.17) is 18.9 Å². The zero-order valence-electron chi connectivity index (χ0n) is 46.2. The summed E-state index contributed by atoms with van der Waals surface area (Å²) < 4.78 is 21.4. The molecule has 10 nitrogen and oxygen atoms in total. The third kappa shape index (κ3) is 41.4. The average Bonchev–Trinajstić information content (AvgIpc) is 3.39. The first-order valence-corrected chi connectivity index (χ1v) is 29.5. The molecule has 0 unspecified atom stereocenters. The first-order valence-electron chi connectivity index (χ1n) is 29.5. The lowest BCUT2D eigenvalue weighted by molar-refractivity contribution is -0.143. The van der Waals surface area contributed by atoms with Gasteiger partial charge in [-0.3, -0.25) is 9.59 Å². The number of carbonyl (C=O) groups excluding carboxylic acids is 4. The minimum atomic E-state index is -0.383. The van der Waals surface area contributed by atoms with Gasteiger partial charge in [0.1, 0.15) is 0 Å². The highest BCUT2D eigenvalue weighted by atomic mass is 16.6. The molecule has 0 atom stereocenters. The second-order valence-corrected chi connectivity index (χ2v) is 20.0. The Bertz CT molecular complexity index is 1570. The van der Waals surface area contributed by atoms with Gasteiger partial charge in [-0.1, -0.05) is 202 Å². The van der Waals surface area contributed by atoms with E-state index in [9.17, 15) is 19.2 Å². The number of unbranched alkanes of at least 4 members (excludes halogenated alkanes) is 26. The molecule has 0 heterocycles. The van der Waals surface area contributed by atoms with Gasteiger partial charge >= 0.3 is 24.1 Å². The molecule has 2 aromatic rings. The van der Waals surface area contributed by atoms with E-state index >= 15 is 0 Å². The Morgan fingerprint density at radius 2 is 0.616 bits per heavy atom. The molecule has 412 valence electrons. The van der Waals surface area contributed by atoms with Crippen LogP contribution in [-0.2, 0) is 47.8 Å². The predicted molar refractivity (Wildman–Crippen MR) is 301 cm³/mol. The molecule has 0 saturated heterocycles. The number of amides is 2. The summed E-state index contributed by atoms with van der Waals surface area (Å²) in [6.07, 6.45) is 47.6.